The molecule has 1 N–H and O–H groups in total. The Bertz CT molecular complexity index is 1340. The minimum Gasteiger partial charge on any atom is -0.458 e. The quantitative estimate of drug-likeness (QED) is 0.403. The van der Waals surface area contributed by atoms with Gasteiger partial charge in [-0.1, -0.05) is 37.6 Å². The van der Waals surface area contributed by atoms with Gasteiger partial charge in [-0.05, 0) is 74.3 Å². The Morgan fingerprint density at radius 3 is 2.45 bits per heavy atom. The Kier molecular flexibility index (Phi) is 6.90. The predicted molar refractivity (Wildman–Crippen MR) is 144 cm³/mol. The van der Waals surface area contributed by atoms with Crippen LogP contribution in [0.2, 0.25) is 0 Å². The van der Waals surface area contributed by atoms with Crippen molar-refractivity contribution in [3.8, 4) is 0 Å². The number of benzene rings is 1. The zero-order valence-corrected chi connectivity index (χ0v) is 23.8. The summed E-state index contributed by atoms with van der Waals surface area (Å²) in [6, 6.07) is 8.25. The number of allylic oxidation sites excluding steroid dienone is 4. The first-order valence-electron chi connectivity index (χ1n) is 13.6. The van der Waals surface area contributed by atoms with Gasteiger partial charge >= 0.3 is 11.9 Å². The fourth-order valence-corrected chi connectivity index (χ4v) is 8.89. The van der Waals surface area contributed by atoms with Crippen LogP contribution in [0.3, 0.4) is 0 Å². The molecule has 214 valence electrons. The van der Waals surface area contributed by atoms with Gasteiger partial charge in [0.15, 0.2) is 18.0 Å². The highest BCUT2D eigenvalue weighted by Gasteiger charge is 2.76. The van der Waals surface area contributed by atoms with E-state index in [1.807, 2.05) is 0 Å². The van der Waals surface area contributed by atoms with Crippen molar-refractivity contribution in [3.05, 3.63) is 59.2 Å². The molecule has 0 aliphatic heterocycles. The number of halogens is 2. The van der Waals surface area contributed by atoms with Crippen LogP contribution in [0.1, 0.15) is 63.7 Å². The monoisotopic (exact) mass is 572 g/mol. The zero-order chi connectivity index (χ0) is 29.3. The topological polar surface area (TPSA) is 107 Å². The van der Waals surface area contributed by atoms with Crippen molar-refractivity contribution in [2.24, 2.45) is 22.7 Å². The van der Waals surface area contributed by atoms with Gasteiger partial charge in [-0.15, -0.1) is 11.6 Å². The normalized spacial score (nSPS) is 40.1. The van der Waals surface area contributed by atoms with Crippen molar-refractivity contribution in [1.29, 1.82) is 0 Å². The average molecular weight is 573 g/mol. The average Bonchev–Trinajstić information content (AvgIpc) is 3.18. The van der Waals surface area contributed by atoms with Gasteiger partial charge in [0.25, 0.3) is 0 Å². The minimum absolute atomic E-state index is 0.0212. The molecule has 3 fully saturated rings. The van der Waals surface area contributed by atoms with Crippen LogP contribution in [-0.2, 0) is 23.9 Å². The number of hydrogen-bond donors (Lipinski definition) is 1. The Morgan fingerprint density at radius 1 is 1.12 bits per heavy atom. The molecule has 1 aromatic carbocycles. The molecule has 0 radical (unpaired) electrons. The molecule has 3 saturated carbocycles. The summed E-state index contributed by atoms with van der Waals surface area (Å²) in [6.07, 6.45) is 0.409. The number of fused-ring (bicyclic) bond motifs is 5. The van der Waals surface area contributed by atoms with Gasteiger partial charge in [0.1, 0.15) is 6.17 Å². The smallest absolute Gasteiger partial charge is 0.339 e. The van der Waals surface area contributed by atoms with E-state index in [-0.39, 0.29) is 36.2 Å². The summed E-state index contributed by atoms with van der Waals surface area (Å²) < 4.78 is 27.1. The number of rotatable bonds is 5. The van der Waals surface area contributed by atoms with Crippen molar-refractivity contribution < 1.29 is 38.1 Å². The van der Waals surface area contributed by atoms with Crippen LogP contribution in [0.15, 0.2) is 53.6 Å². The van der Waals surface area contributed by atoms with Crippen LogP contribution >= 0.6 is 11.6 Å². The molecule has 4 aliphatic carbocycles. The van der Waals surface area contributed by atoms with E-state index >= 15 is 4.39 Å². The number of aliphatic hydroxyl groups excluding tert-OH is 1. The van der Waals surface area contributed by atoms with E-state index in [4.69, 9.17) is 21.1 Å². The fourth-order valence-electron chi connectivity index (χ4n) is 8.31. The minimum atomic E-state index is -1.74. The molecule has 0 bridgehead atoms. The highest BCUT2D eigenvalue weighted by molar-refractivity contribution is 6.26. The van der Waals surface area contributed by atoms with Gasteiger partial charge in [0, 0.05) is 17.8 Å². The molecule has 40 heavy (non-hydrogen) atoms. The summed E-state index contributed by atoms with van der Waals surface area (Å²) in [5.41, 5.74) is -2.94. The number of ketones is 2. The highest BCUT2D eigenvalue weighted by Crippen LogP contribution is 2.72. The molecule has 0 amide bonds. The molecule has 4 aliphatic rings. The molecular formula is C31H34ClFO7. The van der Waals surface area contributed by atoms with E-state index in [2.05, 4.69) is 0 Å². The highest BCUT2D eigenvalue weighted by atomic mass is 35.5. The van der Waals surface area contributed by atoms with Crippen molar-refractivity contribution in [2.75, 3.05) is 6.61 Å². The summed E-state index contributed by atoms with van der Waals surface area (Å²) >= 11 is 7.48. The van der Waals surface area contributed by atoms with Crippen molar-refractivity contribution in [3.63, 3.8) is 0 Å². The Morgan fingerprint density at radius 2 is 1.80 bits per heavy atom. The first-order chi connectivity index (χ1) is 18.7. The number of alkyl halides is 2. The molecule has 0 saturated heterocycles. The zero-order valence-electron chi connectivity index (χ0n) is 23.0. The second-order valence-electron chi connectivity index (χ2n) is 12.1. The Labute approximate surface area is 237 Å². The molecular weight excluding hydrogens is 539 g/mol. The first-order valence-corrected chi connectivity index (χ1v) is 14.0. The van der Waals surface area contributed by atoms with Crippen molar-refractivity contribution >= 4 is 35.1 Å². The number of carbonyl (C=O) groups is 4. The number of Topliss-reactive ketones (excluding diaryl/α,β-unsaturated/α-hetero) is 1. The first kappa shape index (κ1) is 28.7. The molecule has 0 aromatic heterocycles. The fraction of sp³-hybridized carbons (Fsp3) is 0.548. The lowest BCUT2D eigenvalue weighted by Gasteiger charge is -2.65. The number of hydrogen-bond acceptors (Lipinski definition) is 7. The van der Waals surface area contributed by atoms with Gasteiger partial charge < -0.3 is 14.6 Å². The van der Waals surface area contributed by atoms with E-state index in [0.717, 1.165) is 0 Å². The van der Waals surface area contributed by atoms with Crippen LogP contribution in [0.25, 0.3) is 0 Å². The summed E-state index contributed by atoms with van der Waals surface area (Å²) in [4.78, 5) is 49.8. The summed E-state index contributed by atoms with van der Waals surface area (Å²) in [5, 5.41) is 11.9. The largest absolute Gasteiger partial charge is 0.458 e. The van der Waals surface area contributed by atoms with Crippen LogP contribution < -0.4 is 0 Å². The van der Waals surface area contributed by atoms with E-state index in [1.54, 1.807) is 51.1 Å². The molecule has 0 heterocycles. The molecule has 9 heteroatoms. The maximum atomic E-state index is 16.0. The van der Waals surface area contributed by atoms with Crippen LogP contribution in [-0.4, -0.2) is 58.0 Å². The lowest BCUT2D eigenvalue weighted by molar-refractivity contribution is -0.180. The lowest BCUT2D eigenvalue weighted by atomic mass is 9.44. The van der Waals surface area contributed by atoms with Crippen LogP contribution in [0.4, 0.5) is 4.39 Å². The molecule has 1 aromatic rings. The van der Waals surface area contributed by atoms with Crippen molar-refractivity contribution in [1.82, 2.24) is 0 Å². The van der Waals surface area contributed by atoms with E-state index in [9.17, 15) is 24.3 Å². The van der Waals surface area contributed by atoms with Gasteiger partial charge in [-0.25, -0.2) is 9.18 Å². The summed E-state index contributed by atoms with van der Waals surface area (Å²) in [6.45, 7) is 5.86. The summed E-state index contributed by atoms with van der Waals surface area (Å²) in [7, 11) is 0. The third-order valence-corrected chi connectivity index (χ3v) is 11.3. The number of carbonyl (C=O) groups excluding carboxylic acids is 4. The molecule has 1 unspecified atom stereocenters. The predicted octanol–water partition coefficient (Wildman–Crippen LogP) is 4.69. The molecule has 8 atom stereocenters. The van der Waals surface area contributed by atoms with E-state index in [0.29, 0.717) is 12.0 Å². The van der Waals surface area contributed by atoms with E-state index < -0.39 is 69.7 Å². The Balaban J connectivity index is 1.61. The van der Waals surface area contributed by atoms with Crippen LogP contribution in [0.5, 0.6) is 0 Å². The number of ether oxygens (including phenoxy) is 2. The SMILES string of the molecule is CC(=O)OCC(=O)[C@@]1(OC(=O)c2ccccc2)CC[C@H]2[C@@H]3C[C@H](F)C4=CC(=O)C=C(C)[C@]4(C)[C@@]3(Cl)C(O)C[C@@]21C. The van der Waals surface area contributed by atoms with Gasteiger partial charge in [0.2, 0.25) is 5.78 Å². The number of aliphatic hydroxyl groups is 1. The lowest BCUT2D eigenvalue weighted by Crippen LogP contribution is -2.71. The third-order valence-electron chi connectivity index (χ3n) is 10.4. The van der Waals surface area contributed by atoms with Gasteiger partial charge in [0.05, 0.1) is 16.5 Å². The van der Waals surface area contributed by atoms with E-state index in [1.165, 1.54) is 19.1 Å². The standard InChI is InChI=1S/C31H34ClFO7/c1-17-12-20(35)13-23-24(33)14-22-21-10-11-30(26(37)16-39-18(2)34,40-27(38)19-8-6-5-7-9-19)28(21,3)15-25(36)31(22,32)29(17,23)4/h5-9,12-13,21-22,24-25,36H,10-11,14-16H2,1-4H3/t21-,22-,24-,25?,28-,29-,30-,31-/m0/s1. The Hall–Kier alpha value is -2.84. The summed E-state index contributed by atoms with van der Waals surface area (Å²) in [5.74, 6) is -3.31. The third kappa shape index (κ3) is 3.78. The second-order valence-corrected chi connectivity index (χ2v) is 12.7. The molecule has 5 rings (SSSR count). The van der Waals surface area contributed by atoms with Crippen LogP contribution in [0, 0.1) is 22.7 Å². The maximum absolute atomic E-state index is 16.0. The van der Waals surface area contributed by atoms with Gasteiger partial charge in [-0.2, -0.15) is 0 Å². The molecule has 0 spiro atoms. The second kappa shape index (κ2) is 9.62. The number of esters is 2. The van der Waals surface area contributed by atoms with Crippen molar-refractivity contribution in [2.45, 2.75) is 76.1 Å². The van der Waals surface area contributed by atoms with Gasteiger partial charge in [-0.3, -0.25) is 14.4 Å². The maximum Gasteiger partial charge on any atom is 0.339 e. The molecule has 7 nitrogen and oxygen atoms in total.